The number of nitrogens with zero attached hydrogens (tertiary/aromatic N) is 1. The predicted octanol–water partition coefficient (Wildman–Crippen LogP) is 1.25. The van der Waals surface area contributed by atoms with E-state index < -0.39 is 0 Å². The van der Waals surface area contributed by atoms with Gasteiger partial charge < -0.3 is 15.2 Å². The van der Waals surface area contributed by atoms with Gasteiger partial charge in [0.2, 0.25) is 5.91 Å². The monoisotopic (exact) mass is 271 g/mol. The Labute approximate surface area is 112 Å². The molecule has 0 radical (unpaired) electrons. The summed E-state index contributed by atoms with van der Waals surface area (Å²) in [6.45, 7) is 6.49. The van der Waals surface area contributed by atoms with Gasteiger partial charge in [-0.2, -0.15) is 0 Å². The first-order valence-electron chi connectivity index (χ1n) is 5.98. The Balaban J connectivity index is 2.24. The highest BCUT2D eigenvalue weighted by molar-refractivity contribution is 7.99. The SMILES string of the molecule is CNC(C)CNC(=O)CSCc1c(C)noc1C. The molecule has 0 saturated heterocycles. The lowest BCUT2D eigenvalue weighted by Gasteiger charge is -2.11. The van der Waals surface area contributed by atoms with Crippen LogP contribution in [0.2, 0.25) is 0 Å². The fourth-order valence-electron chi connectivity index (χ4n) is 1.37. The normalized spacial score (nSPS) is 12.4. The van der Waals surface area contributed by atoms with Crippen molar-refractivity contribution in [3.63, 3.8) is 0 Å². The van der Waals surface area contributed by atoms with Crippen molar-refractivity contribution in [1.29, 1.82) is 0 Å². The van der Waals surface area contributed by atoms with Gasteiger partial charge >= 0.3 is 0 Å². The summed E-state index contributed by atoms with van der Waals surface area (Å²) < 4.78 is 5.07. The zero-order valence-corrected chi connectivity index (χ0v) is 12.2. The lowest BCUT2D eigenvalue weighted by atomic mass is 10.2. The van der Waals surface area contributed by atoms with Crippen LogP contribution >= 0.6 is 11.8 Å². The minimum Gasteiger partial charge on any atom is -0.361 e. The zero-order valence-electron chi connectivity index (χ0n) is 11.4. The second-order valence-corrected chi connectivity index (χ2v) is 5.27. The highest BCUT2D eigenvalue weighted by Gasteiger charge is 2.10. The number of thioether (sulfide) groups is 1. The van der Waals surface area contributed by atoms with Gasteiger partial charge in [-0.15, -0.1) is 11.8 Å². The Kier molecular flexibility index (Phi) is 6.21. The average molecular weight is 271 g/mol. The van der Waals surface area contributed by atoms with E-state index in [0.29, 0.717) is 18.3 Å². The second kappa shape index (κ2) is 7.43. The average Bonchev–Trinajstić information content (AvgIpc) is 2.67. The summed E-state index contributed by atoms with van der Waals surface area (Å²) in [7, 11) is 1.88. The molecule has 1 aromatic rings. The highest BCUT2D eigenvalue weighted by Crippen LogP contribution is 2.19. The first-order valence-corrected chi connectivity index (χ1v) is 7.13. The van der Waals surface area contributed by atoms with Gasteiger partial charge in [0.1, 0.15) is 5.76 Å². The molecule has 0 fully saturated rings. The third-order valence-electron chi connectivity index (χ3n) is 2.76. The lowest BCUT2D eigenvalue weighted by Crippen LogP contribution is -2.37. The van der Waals surface area contributed by atoms with Crippen molar-refractivity contribution in [1.82, 2.24) is 15.8 Å². The van der Waals surface area contributed by atoms with Gasteiger partial charge in [0.15, 0.2) is 0 Å². The molecule has 1 unspecified atom stereocenters. The third-order valence-corrected chi connectivity index (χ3v) is 3.72. The molecular weight excluding hydrogens is 250 g/mol. The first kappa shape index (κ1) is 15.0. The molecule has 1 heterocycles. The third kappa shape index (κ3) is 4.70. The molecule has 102 valence electrons. The molecule has 1 aromatic heterocycles. The quantitative estimate of drug-likeness (QED) is 0.781. The molecule has 18 heavy (non-hydrogen) atoms. The van der Waals surface area contributed by atoms with E-state index in [1.807, 2.05) is 27.8 Å². The van der Waals surface area contributed by atoms with E-state index in [4.69, 9.17) is 4.52 Å². The van der Waals surface area contributed by atoms with Gasteiger partial charge in [-0.3, -0.25) is 4.79 Å². The Bertz CT molecular complexity index is 373. The molecular formula is C12H21N3O2S. The van der Waals surface area contributed by atoms with Crippen LogP contribution in [-0.4, -0.2) is 36.5 Å². The summed E-state index contributed by atoms with van der Waals surface area (Å²) in [6.07, 6.45) is 0. The molecule has 0 aliphatic heterocycles. The number of rotatable bonds is 7. The van der Waals surface area contributed by atoms with Crippen LogP contribution in [0.25, 0.3) is 0 Å². The molecule has 1 rings (SSSR count). The first-order chi connectivity index (χ1) is 8.54. The fourth-order valence-corrected chi connectivity index (χ4v) is 2.38. The smallest absolute Gasteiger partial charge is 0.230 e. The molecule has 6 heteroatoms. The van der Waals surface area contributed by atoms with Gasteiger partial charge in [0.05, 0.1) is 11.4 Å². The van der Waals surface area contributed by atoms with Crippen molar-refractivity contribution in [2.24, 2.45) is 0 Å². The Morgan fingerprint density at radius 3 is 2.78 bits per heavy atom. The maximum Gasteiger partial charge on any atom is 0.230 e. The number of carbonyl (C=O) groups is 1. The Morgan fingerprint density at radius 2 is 2.22 bits per heavy atom. The van der Waals surface area contributed by atoms with Gasteiger partial charge in [-0.1, -0.05) is 5.16 Å². The summed E-state index contributed by atoms with van der Waals surface area (Å²) >= 11 is 1.57. The van der Waals surface area contributed by atoms with E-state index in [2.05, 4.69) is 15.8 Å². The number of aromatic nitrogens is 1. The van der Waals surface area contributed by atoms with Crippen LogP contribution in [0.15, 0.2) is 4.52 Å². The van der Waals surface area contributed by atoms with E-state index in [1.165, 1.54) is 0 Å². The van der Waals surface area contributed by atoms with Crippen molar-refractivity contribution in [3.8, 4) is 0 Å². The molecule has 0 bridgehead atoms. The summed E-state index contributed by atoms with van der Waals surface area (Å²) in [5.74, 6) is 2.12. The number of carbonyl (C=O) groups excluding carboxylic acids is 1. The zero-order chi connectivity index (χ0) is 13.5. The number of likely N-dealkylation sites (N-methyl/N-ethyl adjacent to an activating group) is 1. The number of hydrogen-bond donors (Lipinski definition) is 2. The number of nitrogens with one attached hydrogen (secondary N) is 2. The molecule has 0 aliphatic rings. The summed E-state index contributed by atoms with van der Waals surface area (Å²) in [5.41, 5.74) is 2.00. The number of aryl methyl sites for hydroxylation is 2. The standard InChI is InChI=1S/C12H21N3O2S/c1-8(13-4)5-14-12(16)7-18-6-11-9(2)15-17-10(11)3/h8,13H,5-7H2,1-4H3,(H,14,16). The van der Waals surface area contributed by atoms with Crippen molar-refractivity contribution in [3.05, 3.63) is 17.0 Å². The van der Waals surface area contributed by atoms with Gasteiger partial charge in [-0.25, -0.2) is 0 Å². The van der Waals surface area contributed by atoms with Gasteiger partial charge in [-0.05, 0) is 27.8 Å². The lowest BCUT2D eigenvalue weighted by molar-refractivity contribution is -0.118. The van der Waals surface area contributed by atoms with Crippen molar-refractivity contribution >= 4 is 17.7 Å². The maximum absolute atomic E-state index is 11.6. The topological polar surface area (TPSA) is 67.2 Å². The van der Waals surface area contributed by atoms with E-state index >= 15 is 0 Å². The van der Waals surface area contributed by atoms with Crippen molar-refractivity contribution < 1.29 is 9.32 Å². The Morgan fingerprint density at radius 1 is 1.50 bits per heavy atom. The minimum atomic E-state index is 0.0638. The fraction of sp³-hybridized carbons (Fsp3) is 0.667. The molecule has 5 nitrogen and oxygen atoms in total. The summed E-state index contributed by atoms with van der Waals surface area (Å²) in [6, 6.07) is 0.293. The predicted molar refractivity (Wildman–Crippen MR) is 73.7 cm³/mol. The minimum absolute atomic E-state index is 0.0638. The van der Waals surface area contributed by atoms with E-state index in [9.17, 15) is 4.79 Å². The number of amides is 1. The van der Waals surface area contributed by atoms with Gasteiger partial charge in [0.25, 0.3) is 0 Å². The van der Waals surface area contributed by atoms with E-state index in [-0.39, 0.29) is 5.91 Å². The molecule has 1 amide bonds. The van der Waals surface area contributed by atoms with Gasteiger partial charge in [0, 0.05) is 23.9 Å². The molecule has 0 aliphatic carbocycles. The van der Waals surface area contributed by atoms with Crippen molar-refractivity contribution in [2.45, 2.75) is 32.6 Å². The summed E-state index contributed by atoms with van der Waals surface area (Å²) in [5, 5.41) is 9.84. The van der Waals surface area contributed by atoms with Crippen LogP contribution in [0, 0.1) is 13.8 Å². The number of hydrogen-bond acceptors (Lipinski definition) is 5. The van der Waals surface area contributed by atoms with Crippen LogP contribution in [0.1, 0.15) is 23.9 Å². The Hall–Kier alpha value is -1.01. The van der Waals surface area contributed by atoms with Crippen LogP contribution in [0.4, 0.5) is 0 Å². The van der Waals surface area contributed by atoms with Crippen molar-refractivity contribution in [2.75, 3.05) is 19.3 Å². The molecule has 0 aromatic carbocycles. The van der Waals surface area contributed by atoms with E-state index in [0.717, 1.165) is 22.8 Å². The molecule has 2 N–H and O–H groups in total. The molecule has 0 spiro atoms. The second-order valence-electron chi connectivity index (χ2n) is 4.29. The largest absolute Gasteiger partial charge is 0.361 e. The van der Waals surface area contributed by atoms with Crippen LogP contribution < -0.4 is 10.6 Å². The highest BCUT2D eigenvalue weighted by atomic mass is 32.2. The van der Waals surface area contributed by atoms with Crippen LogP contribution in [0.3, 0.4) is 0 Å². The van der Waals surface area contributed by atoms with Crippen LogP contribution in [-0.2, 0) is 10.5 Å². The van der Waals surface area contributed by atoms with E-state index in [1.54, 1.807) is 11.8 Å². The summed E-state index contributed by atoms with van der Waals surface area (Å²) in [4.78, 5) is 11.6. The molecule has 1 atom stereocenters. The molecule has 0 saturated carbocycles. The maximum atomic E-state index is 11.6. The van der Waals surface area contributed by atoms with Crippen LogP contribution in [0.5, 0.6) is 0 Å².